The van der Waals surface area contributed by atoms with Crippen LogP contribution in [-0.4, -0.2) is 30.0 Å². The molecule has 1 N–H and O–H groups in total. The van der Waals surface area contributed by atoms with Crippen molar-refractivity contribution in [2.45, 2.75) is 19.4 Å². The highest BCUT2D eigenvalue weighted by molar-refractivity contribution is 5.92. The summed E-state index contributed by atoms with van der Waals surface area (Å²) in [5, 5.41) is 3.09. The minimum absolute atomic E-state index is 0.0408. The van der Waals surface area contributed by atoms with E-state index in [2.05, 4.69) is 34.3 Å². The van der Waals surface area contributed by atoms with Crippen LogP contribution in [0.3, 0.4) is 0 Å². The normalized spacial score (nSPS) is 19.6. The summed E-state index contributed by atoms with van der Waals surface area (Å²) in [5.41, 5.74) is 2.87. The minimum Gasteiger partial charge on any atom is -0.361 e. The van der Waals surface area contributed by atoms with E-state index in [4.69, 9.17) is 0 Å². The Labute approximate surface area is 130 Å². The third-order valence-electron chi connectivity index (χ3n) is 4.12. The molecule has 22 heavy (non-hydrogen) atoms. The molecular formula is C17H20N4O. The van der Waals surface area contributed by atoms with Crippen LogP contribution >= 0.6 is 0 Å². The molecule has 0 spiro atoms. The third kappa shape index (κ3) is 2.66. The lowest BCUT2D eigenvalue weighted by Gasteiger charge is -2.18. The van der Waals surface area contributed by atoms with Crippen LogP contribution in [0.4, 0.5) is 5.82 Å². The lowest BCUT2D eigenvalue weighted by molar-refractivity contribution is 0.0921. The van der Waals surface area contributed by atoms with Gasteiger partial charge in [0.15, 0.2) is 0 Å². The van der Waals surface area contributed by atoms with Gasteiger partial charge in [0.2, 0.25) is 0 Å². The highest BCUT2D eigenvalue weighted by Gasteiger charge is 2.30. The molecule has 1 aromatic heterocycles. The lowest BCUT2D eigenvalue weighted by Crippen LogP contribution is -2.31. The van der Waals surface area contributed by atoms with E-state index in [0.29, 0.717) is 11.6 Å². The number of nitrogens with zero attached hydrogens (tertiary/aromatic N) is 3. The molecule has 2 aromatic rings. The van der Waals surface area contributed by atoms with Gasteiger partial charge in [-0.15, -0.1) is 0 Å². The number of carbonyl (C=O) groups is 1. The first-order valence-electron chi connectivity index (χ1n) is 7.44. The van der Waals surface area contributed by atoms with Gasteiger partial charge in [-0.2, -0.15) is 0 Å². The van der Waals surface area contributed by atoms with Gasteiger partial charge < -0.3 is 10.2 Å². The Bertz CT molecular complexity index is 681. The first-order chi connectivity index (χ1) is 10.6. The SMILES string of the molecule is CC1Cc2ccccc2C1NC(=O)c1cnc(N(C)C)cn1. The Balaban J connectivity index is 1.77. The zero-order valence-electron chi connectivity index (χ0n) is 13.1. The number of hydrogen-bond donors (Lipinski definition) is 1. The van der Waals surface area contributed by atoms with Gasteiger partial charge in [0, 0.05) is 14.1 Å². The molecule has 1 amide bonds. The second kappa shape index (κ2) is 5.75. The number of amides is 1. The molecule has 0 saturated heterocycles. The highest BCUT2D eigenvalue weighted by atomic mass is 16.1. The average molecular weight is 296 g/mol. The van der Waals surface area contributed by atoms with Crippen molar-refractivity contribution in [1.82, 2.24) is 15.3 Å². The van der Waals surface area contributed by atoms with Crippen LogP contribution in [0.5, 0.6) is 0 Å². The molecule has 1 aliphatic rings. The van der Waals surface area contributed by atoms with Crippen LogP contribution in [0.15, 0.2) is 36.7 Å². The largest absolute Gasteiger partial charge is 0.361 e. The number of aromatic nitrogens is 2. The summed E-state index contributed by atoms with van der Waals surface area (Å²) in [6, 6.07) is 8.32. The molecule has 0 saturated carbocycles. The van der Waals surface area contributed by atoms with E-state index in [1.807, 2.05) is 31.1 Å². The highest BCUT2D eigenvalue weighted by Crippen LogP contribution is 2.35. The fraction of sp³-hybridized carbons (Fsp3) is 0.353. The Morgan fingerprint density at radius 1 is 1.23 bits per heavy atom. The molecule has 1 aliphatic carbocycles. The Morgan fingerprint density at radius 2 is 2.00 bits per heavy atom. The van der Waals surface area contributed by atoms with Crippen molar-refractivity contribution in [3.63, 3.8) is 0 Å². The summed E-state index contributed by atoms with van der Waals surface area (Å²) in [4.78, 5) is 22.7. The summed E-state index contributed by atoms with van der Waals surface area (Å²) < 4.78 is 0. The molecule has 0 radical (unpaired) electrons. The lowest BCUT2D eigenvalue weighted by atomic mass is 10.0. The van der Waals surface area contributed by atoms with Crippen LogP contribution in [0.2, 0.25) is 0 Å². The van der Waals surface area contributed by atoms with Crippen molar-refractivity contribution < 1.29 is 4.79 Å². The van der Waals surface area contributed by atoms with Gasteiger partial charge in [0.05, 0.1) is 18.4 Å². The number of rotatable bonds is 3. The molecule has 5 heteroatoms. The van der Waals surface area contributed by atoms with E-state index in [1.165, 1.54) is 17.3 Å². The molecule has 0 fully saturated rings. The van der Waals surface area contributed by atoms with E-state index >= 15 is 0 Å². The zero-order chi connectivity index (χ0) is 15.7. The summed E-state index contributed by atoms with van der Waals surface area (Å²) in [6.45, 7) is 2.16. The number of fused-ring (bicyclic) bond motifs is 1. The molecule has 2 unspecified atom stereocenters. The van der Waals surface area contributed by atoms with E-state index in [9.17, 15) is 4.79 Å². The average Bonchev–Trinajstić information content (AvgIpc) is 2.83. The Kier molecular flexibility index (Phi) is 3.79. The topological polar surface area (TPSA) is 58.1 Å². The standard InChI is InChI=1S/C17H20N4O/c1-11-8-12-6-4-5-7-13(12)16(11)20-17(22)14-9-19-15(10-18-14)21(2)3/h4-7,9-11,16H,8H2,1-3H3,(H,20,22). The van der Waals surface area contributed by atoms with Crippen LogP contribution in [-0.2, 0) is 6.42 Å². The van der Waals surface area contributed by atoms with Gasteiger partial charge in [-0.1, -0.05) is 31.2 Å². The van der Waals surface area contributed by atoms with Crippen LogP contribution < -0.4 is 10.2 Å². The van der Waals surface area contributed by atoms with Gasteiger partial charge in [-0.05, 0) is 23.5 Å². The first kappa shape index (κ1) is 14.5. The molecule has 5 nitrogen and oxygen atoms in total. The molecule has 3 rings (SSSR count). The van der Waals surface area contributed by atoms with Crippen molar-refractivity contribution in [3.05, 3.63) is 53.5 Å². The van der Waals surface area contributed by atoms with Gasteiger partial charge in [0.1, 0.15) is 11.5 Å². The quantitative estimate of drug-likeness (QED) is 0.943. The number of hydrogen-bond acceptors (Lipinski definition) is 4. The number of carbonyl (C=O) groups excluding carboxylic acids is 1. The Hall–Kier alpha value is -2.43. The summed E-state index contributed by atoms with van der Waals surface area (Å²) in [5.74, 6) is 0.942. The predicted octanol–water partition coefficient (Wildman–Crippen LogP) is 2.21. The van der Waals surface area contributed by atoms with Crippen LogP contribution in [0.25, 0.3) is 0 Å². The maximum atomic E-state index is 12.4. The minimum atomic E-state index is -0.175. The maximum absolute atomic E-state index is 12.4. The number of nitrogens with one attached hydrogen (secondary N) is 1. The second-order valence-corrected chi connectivity index (χ2v) is 5.99. The third-order valence-corrected chi connectivity index (χ3v) is 4.12. The van der Waals surface area contributed by atoms with Crippen molar-refractivity contribution >= 4 is 11.7 Å². The van der Waals surface area contributed by atoms with E-state index < -0.39 is 0 Å². The smallest absolute Gasteiger partial charge is 0.271 e. The summed E-state index contributed by atoms with van der Waals surface area (Å²) in [7, 11) is 3.78. The molecule has 0 aliphatic heterocycles. The van der Waals surface area contributed by atoms with E-state index in [1.54, 1.807) is 6.20 Å². The predicted molar refractivity (Wildman–Crippen MR) is 85.9 cm³/mol. The van der Waals surface area contributed by atoms with Crippen molar-refractivity contribution in [2.24, 2.45) is 5.92 Å². The molecule has 114 valence electrons. The van der Waals surface area contributed by atoms with Crippen LogP contribution in [0.1, 0.15) is 34.6 Å². The summed E-state index contributed by atoms with van der Waals surface area (Å²) >= 11 is 0. The maximum Gasteiger partial charge on any atom is 0.271 e. The van der Waals surface area contributed by atoms with E-state index in [-0.39, 0.29) is 11.9 Å². The fourth-order valence-corrected chi connectivity index (χ4v) is 2.90. The van der Waals surface area contributed by atoms with Gasteiger partial charge in [-0.3, -0.25) is 4.79 Å². The van der Waals surface area contributed by atoms with Gasteiger partial charge in [0.25, 0.3) is 5.91 Å². The van der Waals surface area contributed by atoms with Gasteiger partial charge in [-0.25, -0.2) is 9.97 Å². The zero-order valence-corrected chi connectivity index (χ0v) is 13.1. The monoisotopic (exact) mass is 296 g/mol. The molecule has 1 heterocycles. The fourth-order valence-electron chi connectivity index (χ4n) is 2.90. The molecule has 0 bridgehead atoms. The Morgan fingerprint density at radius 3 is 2.68 bits per heavy atom. The van der Waals surface area contributed by atoms with E-state index in [0.717, 1.165) is 12.2 Å². The second-order valence-electron chi connectivity index (χ2n) is 5.99. The van der Waals surface area contributed by atoms with Crippen molar-refractivity contribution in [2.75, 3.05) is 19.0 Å². The van der Waals surface area contributed by atoms with Crippen LogP contribution in [0, 0.1) is 5.92 Å². The van der Waals surface area contributed by atoms with Crippen molar-refractivity contribution in [3.8, 4) is 0 Å². The number of anilines is 1. The van der Waals surface area contributed by atoms with Gasteiger partial charge >= 0.3 is 0 Å². The first-order valence-corrected chi connectivity index (χ1v) is 7.44. The summed E-state index contributed by atoms with van der Waals surface area (Å²) in [6.07, 6.45) is 4.13. The molecule has 2 atom stereocenters. The number of benzene rings is 1. The van der Waals surface area contributed by atoms with Crippen molar-refractivity contribution in [1.29, 1.82) is 0 Å². The molecular weight excluding hydrogens is 276 g/mol. The molecule has 1 aromatic carbocycles.